The summed E-state index contributed by atoms with van der Waals surface area (Å²) in [6, 6.07) is 17.9. The summed E-state index contributed by atoms with van der Waals surface area (Å²) >= 11 is 0. The number of carbonyl (C=O) groups is 2. The minimum Gasteiger partial charge on any atom is -0.507 e. The topological polar surface area (TPSA) is 83.0 Å². The van der Waals surface area contributed by atoms with Crippen molar-refractivity contribution >= 4 is 23.1 Å². The summed E-state index contributed by atoms with van der Waals surface area (Å²) in [5, 5.41) is 11.5. The van der Waals surface area contributed by atoms with E-state index < -0.39 is 17.7 Å². The molecule has 3 aromatic rings. The highest BCUT2D eigenvalue weighted by molar-refractivity contribution is 6.46. The molecule has 1 saturated heterocycles. The molecule has 0 saturated carbocycles. The predicted molar refractivity (Wildman–Crippen MR) is 138 cm³/mol. The van der Waals surface area contributed by atoms with Crippen molar-refractivity contribution in [2.45, 2.75) is 32.4 Å². The number of carbonyl (C=O) groups excluding carboxylic acids is 2. The van der Waals surface area contributed by atoms with E-state index in [1.807, 2.05) is 48.3 Å². The van der Waals surface area contributed by atoms with Crippen LogP contribution in [0.5, 0.6) is 5.75 Å². The molecule has 1 fully saturated rings. The van der Waals surface area contributed by atoms with Crippen LogP contribution in [0.3, 0.4) is 0 Å². The molecule has 36 heavy (non-hydrogen) atoms. The van der Waals surface area contributed by atoms with Crippen molar-refractivity contribution < 1.29 is 19.4 Å². The number of Topliss-reactive ketones (excluding diaryl/α,β-unsaturated/α-hetero) is 1. The summed E-state index contributed by atoms with van der Waals surface area (Å²) in [6.45, 7) is 5.67. The number of rotatable bonds is 5. The van der Waals surface area contributed by atoms with E-state index in [1.54, 1.807) is 30.5 Å². The van der Waals surface area contributed by atoms with Gasteiger partial charge in [0.25, 0.3) is 11.7 Å². The van der Waals surface area contributed by atoms with Gasteiger partial charge in [-0.05, 0) is 47.4 Å². The van der Waals surface area contributed by atoms with Crippen molar-refractivity contribution in [1.82, 2.24) is 9.88 Å². The Labute approximate surface area is 210 Å². The normalized spacial score (nSPS) is 18.9. The molecule has 184 valence electrons. The number of nitrogens with zero attached hydrogens (tertiary/aromatic N) is 3. The molecule has 1 unspecified atom stereocenters. The highest BCUT2D eigenvalue weighted by Gasteiger charge is 2.46. The Morgan fingerprint density at radius 1 is 1.11 bits per heavy atom. The molecule has 2 aromatic carbocycles. The van der Waals surface area contributed by atoms with Crippen LogP contribution < -0.4 is 9.64 Å². The maximum absolute atomic E-state index is 13.4. The van der Waals surface area contributed by atoms with E-state index in [4.69, 9.17) is 4.74 Å². The molecule has 1 N–H and O–H groups in total. The first kappa shape index (κ1) is 23.6. The quantitative estimate of drug-likeness (QED) is 0.323. The highest BCUT2D eigenvalue weighted by Crippen LogP contribution is 2.42. The number of likely N-dealkylation sites (tertiary alicyclic amines) is 1. The Morgan fingerprint density at radius 3 is 2.58 bits per heavy atom. The lowest BCUT2D eigenvalue weighted by Crippen LogP contribution is -2.29. The van der Waals surface area contributed by atoms with Crippen LogP contribution in [-0.4, -0.2) is 46.9 Å². The van der Waals surface area contributed by atoms with Crippen LogP contribution >= 0.6 is 0 Å². The zero-order valence-electron chi connectivity index (χ0n) is 20.6. The van der Waals surface area contributed by atoms with Gasteiger partial charge in [0.15, 0.2) is 0 Å². The van der Waals surface area contributed by atoms with Crippen LogP contribution in [0.1, 0.15) is 48.2 Å². The van der Waals surface area contributed by atoms with E-state index in [9.17, 15) is 14.7 Å². The Morgan fingerprint density at radius 2 is 1.89 bits per heavy atom. The van der Waals surface area contributed by atoms with Gasteiger partial charge in [0.2, 0.25) is 0 Å². The second-order valence-corrected chi connectivity index (χ2v) is 9.52. The number of amides is 1. The third kappa shape index (κ3) is 4.21. The number of likely N-dealkylation sites (N-methyl/N-ethyl adjacent to an activating group) is 1. The van der Waals surface area contributed by atoms with Crippen LogP contribution in [0, 0.1) is 0 Å². The van der Waals surface area contributed by atoms with Gasteiger partial charge in [-0.1, -0.05) is 44.2 Å². The van der Waals surface area contributed by atoms with Crippen LogP contribution in [0.2, 0.25) is 0 Å². The van der Waals surface area contributed by atoms with E-state index in [0.717, 1.165) is 22.6 Å². The number of hydrogen-bond donors (Lipinski definition) is 1. The number of benzene rings is 2. The molecule has 2 aliphatic heterocycles. The van der Waals surface area contributed by atoms with Gasteiger partial charge >= 0.3 is 0 Å². The average molecular weight is 484 g/mol. The van der Waals surface area contributed by atoms with Gasteiger partial charge in [-0.25, -0.2) is 0 Å². The minimum absolute atomic E-state index is 0.0764. The molecule has 7 nitrogen and oxygen atoms in total. The number of anilines is 1. The van der Waals surface area contributed by atoms with E-state index in [0.29, 0.717) is 30.3 Å². The maximum Gasteiger partial charge on any atom is 0.296 e. The van der Waals surface area contributed by atoms with Gasteiger partial charge in [0.1, 0.15) is 18.1 Å². The molecule has 0 spiro atoms. The number of aliphatic hydroxyl groups is 1. The van der Waals surface area contributed by atoms with Gasteiger partial charge in [-0.2, -0.15) is 0 Å². The molecule has 0 radical (unpaired) electrons. The summed E-state index contributed by atoms with van der Waals surface area (Å²) < 4.78 is 5.72. The lowest BCUT2D eigenvalue weighted by Gasteiger charge is -2.28. The van der Waals surface area contributed by atoms with Crippen molar-refractivity contribution in [1.29, 1.82) is 0 Å². The second kappa shape index (κ2) is 9.49. The number of hydrogen-bond acceptors (Lipinski definition) is 6. The molecule has 1 amide bonds. The summed E-state index contributed by atoms with van der Waals surface area (Å²) in [7, 11) is 1.95. The maximum atomic E-state index is 13.4. The van der Waals surface area contributed by atoms with Crippen LogP contribution in [0.25, 0.3) is 5.76 Å². The molecule has 2 aliphatic rings. The Bertz CT molecular complexity index is 1330. The Kier molecular flexibility index (Phi) is 6.22. The second-order valence-electron chi connectivity index (χ2n) is 9.52. The van der Waals surface area contributed by atoms with E-state index >= 15 is 0 Å². The molecular formula is C29H29N3O4. The zero-order chi connectivity index (χ0) is 25.4. The monoisotopic (exact) mass is 483 g/mol. The van der Waals surface area contributed by atoms with Gasteiger partial charge in [0.05, 0.1) is 36.1 Å². The fourth-order valence-electron chi connectivity index (χ4n) is 4.77. The van der Waals surface area contributed by atoms with Crippen LogP contribution in [0.15, 0.2) is 72.4 Å². The molecule has 0 bridgehead atoms. The van der Waals surface area contributed by atoms with Gasteiger partial charge in [0, 0.05) is 18.8 Å². The molecule has 3 heterocycles. The SMILES string of the molecule is CC(C)c1ccc(C2/C(=C(/O)c3ccc4c(c3)N(C)CCO4)C(=O)C(=O)N2Cc2ccccn2)cc1. The first-order valence-electron chi connectivity index (χ1n) is 12.1. The van der Waals surface area contributed by atoms with Crippen molar-refractivity contribution in [2.75, 3.05) is 25.1 Å². The summed E-state index contributed by atoms with van der Waals surface area (Å²) in [5.41, 5.74) is 3.94. The Hall–Kier alpha value is -4.13. The zero-order valence-corrected chi connectivity index (χ0v) is 20.6. The average Bonchev–Trinajstić information content (AvgIpc) is 3.14. The van der Waals surface area contributed by atoms with Gasteiger partial charge in [-0.3, -0.25) is 14.6 Å². The van der Waals surface area contributed by atoms with E-state index in [1.165, 1.54) is 4.90 Å². The third-order valence-corrected chi connectivity index (χ3v) is 6.85. The van der Waals surface area contributed by atoms with Gasteiger partial charge in [-0.15, -0.1) is 0 Å². The number of aliphatic hydroxyl groups excluding tert-OH is 1. The third-order valence-electron chi connectivity index (χ3n) is 6.85. The smallest absolute Gasteiger partial charge is 0.296 e. The number of ketones is 1. The van der Waals surface area contributed by atoms with Crippen molar-refractivity contribution in [3.05, 3.63) is 94.8 Å². The molecule has 1 aromatic heterocycles. The molecule has 5 rings (SSSR count). The summed E-state index contributed by atoms with van der Waals surface area (Å²) in [6.07, 6.45) is 1.66. The summed E-state index contributed by atoms with van der Waals surface area (Å²) in [4.78, 5) is 34.5. The fraction of sp³-hybridized carbons (Fsp3) is 0.276. The first-order valence-corrected chi connectivity index (χ1v) is 12.1. The number of aromatic nitrogens is 1. The number of ether oxygens (including phenoxy) is 1. The van der Waals surface area contributed by atoms with Crippen molar-refractivity contribution in [3.63, 3.8) is 0 Å². The van der Waals surface area contributed by atoms with E-state index in [2.05, 4.69) is 18.8 Å². The standard InChI is InChI=1S/C29H29N3O4/c1-18(2)19-7-9-20(10-8-19)26-25(28(34)29(35)32(26)17-22-6-4-5-13-30-22)27(33)21-11-12-24-23(16-21)31(3)14-15-36-24/h4-13,16,18,26,33H,14-15,17H2,1-3H3/b27-25-. The number of pyridine rings is 1. The molecular weight excluding hydrogens is 454 g/mol. The fourth-order valence-corrected chi connectivity index (χ4v) is 4.77. The first-order chi connectivity index (χ1) is 17.3. The molecule has 7 heteroatoms. The van der Waals surface area contributed by atoms with Crippen molar-refractivity contribution in [2.24, 2.45) is 0 Å². The van der Waals surface area contributed by atoms with E-state index in [-0.39, 0.29) is 17.9 Å². The van der Waals surface area contributed by atoms with Crippen LogP contribution in [0.4, 0.5) is 5.69 Å². The van der Waals surface area contributed by atoms with Crippen molar-refractivity contribution in [3.8, 4) is 5.75 Å². The molecule has 0 aliphatic carbocycles. The number of fused-ring (bicyclic) bond motifs is 1. The molecule has 1 atom stereocenters. The lowest BCUT2D eigenvalue weighted by molar-refractivity contribution is -0.140. The highest BCUT2D eigenvalue weighted by atomic mass is 16.5. The van der Waals surface area contributed by atoms with Crippen LogP contribution in [-0.2, 0) is 16.1 Å². The Balaban J connectivity index is 1.63. The predicted octanol–water partition coefficient (Wildman–Crippen LogP) is 4.66. The largest absolute Gasteiger partial charge is 0.507 e. The summed E-state index contributed by atoms with van der Waals surface area (Å²) in [5.74, 6) is -0.496. The van der Waals surface area contributed by atoms with Gasteiger partial charge < -0.3 is 19.6 Å². The lowest BCUT2D eigenvalue weighted by atomic mass is 9.93. The minimum atomic E-state index is -0.738.